The number of rotatable bonds is 5. The third kappa shape index (κ3) is 8.17. The molecular weight excluding hydrogens is 228 g/mol. The molecule has 8 heteroatoms. The number of carbonyl (C=O) groups is 2. The molecule has 0 bridgehead atoms. The maximum absolute atomic E-state index is 10.3. The van der Waals surface area contributed by atoms with Crippen LogP contribution in [0, 0.1) is 0 Å². The van der Waals surface area contributed by atoms with Crippen LogP contribution in [-0.2, 0) is 9.59 Å². The Morgan fingerprint density at radius 1 is 0.929 bits per heavy atom. The van der Waals surface area contributed by atoms with E-state index in [0.29, 0.717) is 0 Å². The lowest BCUT2D eigenvalue weighted by atomic mass is 10.5. The van der Waals surface area contributed by atoms with Crippen LogP contribution in [0.5, 0.6) is 0 Å². The Hall–Kier alpha value is -0.440. The van der Waals surface area contributed by atoms with Crippen molar-refractivity contribution in [3.8, 4) is 0 Å². The van der Waals surface area contributed by atoms with E-state index in [-0.39, 0.29) is 12.3 Å². The van der Waals surface area contributed by atoms with Gasteiger partial charge in [0.2, 0.25) is 0 Å². The van der Waals surface area contributed by atoms with E-state index in [1.54, 1.807) is 0 Å². The van der Waals surface area contributed by atoms with Gasteiger partial charge in [-0.15, -0.1) is 0 Å². The van der Waals surface area contributed by atoms with Gasteiger partial charge in [0.25, 0.3) is 0 Å². The van der Waals surface area contributed by atoms with E-state index < -0.39 is 22.4 Å². The maximum atomic E-state index is 10.3. The molecule has 8 N–H and O–H groups in total. The number of hydrogen-bond donors (Lipinski definition) is 4. The Bertz CT molecular complexity index is 171. The Morgan fingerprint density at radius 3 is 1.29 bits per heavy atom. The van der Waals surface area contributed by atoms with Gasteiger partial charge in [-0.2, -0.15) is 0 Å². The molecule has 0 saturated carbocycles. The van der Waals surface area contributed by atoms with Crippen molar-refractivity contribution in [2.75, 3.05) is 0 Å². The van der Waals surface area contributed by atoms with Gasteiger partial charge in [-0.1, -0.05) is 21.6 Å². The molecule has 6 nitrogen and oxygen atoms in total. The first-order chi connectivity index (χ1) is 5.45. The number of hydrogen-bond acceptors (Lipinski definition) is 6. The van der Waals surface area contributed by atoms with Crippen LogP contribution in [0.2, 0.25) is 0 Å². The maximum Gasteiger partial charge on any atom is 0.317 e. The summed E-state index contributed by atoms with van der Waals surface area (Å²) < 4.78 is 0. The summed E-state index contributed by atoms with van der Waals surface area (Å²) in [7, 11) is 2.11. The minimum absolute atomic E-state index is 0. The molecule has 0 aromatic carbocycles. The molecule has 0 aliphatic rings. The number of carboxylic acids is 2. The first kappa shape index (κ1) is 19.2. The van der Waals surface area contributed by atoms with Crippen molar-refractivity contribution < 1.29 is 19.8 Å². The van der Waals surface area contributed by atoms with Crippen LogP contribution in [0.15, 0.2) is 0 Å². The van der Waals surface area contributed by atoms with Crippen molar-refractivity contribution in [2.45, 2.75) is 24.3 Å². The predicted octanol–water partition coefficient (Wildman–Crippen LogP) is 1.64. The zero-order chi connectivity index (χ0) is 9.72. The summed E-state index contributed by atoms with van der Waals surface area (Å²) >= 11 is 0. The molecule has 14 heavy (non-hydrogen) atoms. The van der Waals surface area contributed by atoms with Crippen LogP contribution in [-0.4, -0.2) is 32.7 Å². The van der Waals surface area contributed by atoms with E-state index in [1.165, 1.54) is 13.8 Å². The molecule has 0 aliphatic heterocycles. The van der Waals surface area contributed by atoms with E-state index in [4.69, 9.17) is 10.2 Å². The molecule has 0 amide bonds. The first-order valence-corrected chi connectivity index (χ1v) is 5.50. The molecule has 0 rings (SSSR count). The Labute approximate surface area is 90.4 Å². The number of carboxylic acid groups (broad SMARTS) is 2. The third-order valence-electron chi connectivity index (χ3n) is 1.04. The van der Waals surface area contributed by atoms with Crippen molar-refractivity contribution in [3.63, 3.8) is 0 Å². The van der Waals surface area contributed by atoms with E-state index in [2.05, 4.69) is 0 Å². The van der Waals surface area contributed by atoms with Gasteiger partial charge < -0.3 is 22.5 Å². The normalized spacial score (nSPS) is 13.0. The van der Waals surface area contributed by atoms with Crippen molar-refractivity contribution in [1.82, 2.24) is 12.3 Å². The summed E-state index contributed by atoms with van der Waals surface area (Å²) in [6, 6.07) is 0. The average Bonchev–Trinajstić information content (AvgIpc) is 1.98. The molecule has 0 fully saturated rings. The highest BCUT2D eigenvalue weighted by molar-refractivity contribution is 8.77. The highest BCUT2D eigenvalue weighted by atomic mass is 33.1. The van der Waals surface area contributed by atoms with Crippen LogP contribution < -0.4 is 12.3 Å². The largest absolute Gasteiger partial charge is 0.480 e. The molecule has 0 saturated heterocycles. The van der Waals surface area contributed by atoms with Crippen LogP contribution in [0.3, 0.4) is 0 Å². The quantitative estimate of drug-likeness (QED) is 0.534. The first-order valence-electron chi connectivity index (χ1n) is 3.23. The van der Waals surface area contributed by atoms with E-state index in [9.17, 15) is 9.59 Å². The Balaban J connectivity index is -0.000000605. The monoisotopic (exact) mass is 244 g/mol. The van der Waals surface area contributed by atoms with Crippen molar-refractivity contribution in [3.05, 3.63) is 0 Å². The predicted molar refractivity (Wildman–Crippen MR) is 59.4 cm³/mol. The van der Waals surface area contributed by atoms with Crippen molar-refractivity contribution >= 4 is 33.5 Å². The third-order valence-corrected chi connectivity index (χ3v) is 4.20. The molecule has 2 unspecified atom stereocenters. The van der Waals surface area contributed by atoms with Gasteiger partial charge in [0.15, 0.2) is 0 Å². The molecule has 0 aromatic heterocycles. The lowest BCUT2D eigenvalue weighted by Gasteiger charge is -2.07. The summed E-state index contributed by atoms with van der Waals surface area (Å²) in [5.74, 6) is -1.85. The van der Waals surface area contributed by atoms with E-state index in [0.717, 1.165) is 21.6 Å². The molecule has 86 valence electrons. The van der Waals surface area contributed by atoms with Gasteiger partial charge in [-0.25, -0.2) is 0 Å². The molecule has 2 atom stereocenters. The lowest BCUT2D eigenvalue weighted by Crippen LogP contribution is -2.14. The van der Waals surface area contributed by atoms with Crippen LogP contribution in [0.1, 0.15) is 13.8 Å². The molecule has 0 spiro atoms. The molecule has 0 heterocycles. The molecule has 0 radical (unpaired) electrons. The smallest absolute Gasteiger partial charge is 0.317 e. The fourth-order valence-electron chi connectivity index (χ4n) is 0.249. The van der Waals surface area contributed by atoms with Gasteiger partial charge >= 0.3 is 11.9 Å². The highest BCUT2D eigenvalue weighted by Gasteiger charge is 2.17. The van der Waals surface area contributed by atoms with Crippen LogP contribution in [0.4, 0.5) is 0 Å². The minimum Gasteiger partial charge on any atom is -0.480 e. The molecule has 0 aromatic rings. The molecular formula is C6H16N2O4S2. The minimum atomic E-state index is -0.926. The standard InChI is InChI=1S/C6H10O4S2.2H3N/c1-3(5(7)8)11-12-4(2)6(9)10;;/h3-4H,1-2H3,(H,7,8)(H,9,10);2*1H3. The zero-order valence-electron chi connectivity index (χ0n) is 8.10. The Kier molecular flexibility index (Phi) is 12.5. The second-order valence-corrected chi connectivity index (χ2v) is 5.11. The van der Waals surface area contributed by atoms with Gasteiger partial charge in [-0.3, -0.25) is 9.59 Å². The lowest BCUT2D eigenvalue weighted by molar-refractivity contribution is -0.137. The summed E-state index contributed by atoms with van der Waals surface area (Å²) in [5, 5.41) is 15.8. The second-order valence-electron chi connectivity index (χ2n) is 2.15. The zero-order valence-corrected chi connectivity index (χ0v) is 9.73. The average molecular weight is 244 g/mol. The van der Waals surface area contributed by atoms with Crippen molar-refractivity contribution in [1.29, 1.82) is 0 Å². The fraction of sp³-hybridized carbons (Fsp3) is 0.667. The van der Waals surface area contributed by atoms with Gasteiger partial charge in [0.1, 0.15) is 10.5 Å². The SMILES string of the molecule is CC(SSC(C)C(=O)O)C(=O)O.N.N. The second kappa shape index (κ2) is 9.13. The fourth-order valence-corrected chi connectivity index (χ4v) is 2.24. The highest BCUT2D eigenvalue weighted by Crippen LogP contribution is 2.30. The Morgan fingerprint density at radius 2 is 1.14 bits per heavy atom. The van der Waals surface area contributed by atoms with Gasteiger partial charge in [0.05, 0.1) is 0 Å². The number of aliphatic carboxylic acids is 2. The summed E-state index contributed by atoms with van der Waals surface area (Å²) in [6.45, 7) is 3.04. The van der Waals surface area contributed by atoms with Crippen LogP contribution >= 0.6 is 21.6 Å². The van der Waals surface area contributed by atoms with Gasteiger partial charge in [0, 0.05) is 0 Å². The van der Waals surface area contributed by atoms with Gasteiger partial charge in [-0.05, 0) is 13.8 Å². The van der Waals surface area contributed by atoms with E-state index >= 15 is 0 Å². The van der Waals surface area contributed by atoms with E-state index in [1.807, 2.05) is 0 Å². The molecule has 0 aliphatic carbocycles. The van der Waals surface area contributed by atoms with Crippen molar-refractivity contribution in [2.24, 2.45) is 0 Å². The topological polar surface area (TPSA) is 145 Å². The summed E-state index contributed by atoms with van der Waals surface area (Å²) in [4.78, 5) is 20.6. The van der Waals surface area contributed by atoms with Crippen LogP contribution in [0.25, 0.3) is 0 Å². The summed E-state index contributed by atoms with van der Waals surface area (Å²) in [5.41, 5.74) is 0. The summed E-state index contributed by atoms with van der Waals surface area (Å²) in [6.07, 6.45) is 0.